The number of halogens is 1. The summed E-state index contributed by atoms with van der Waals surface area (Å²) in [7, 11) is 1.33. The fraction of sp³-hybridized carbons (Fsp3) is 0.429. The van der Waals surface area contributed by atoms with Crippen LogP contribution in [0.25, 0.3) is 0 Å². The molecule has 1 aliphatic heterocycles. The molecule has 0 N–H and O–H groups in total. The van der Waals surface area contributed by atoms with E-state index in [1.165, 1.54) is 19.2 Å². The van der Waals surface area contributed by atoms with Crippen molar-refractivity contribution < 1.29 is 18.7 Å². The van der Waals surface area contributed by atoms with Gasteiger partial charge in [-0.15, -0.1) is 0 Å². The van der Waals surface area contributed by atoms with Crippen LogP contribution >= 0.6 is 0 Å². The van der Waals surface area contributed by atoms with Crippen molar-refractivity contribution in [3.05, 3.63) is 29.6 Å². The molecule has 1 heterocycles. The number of benzene rings is 1. The summed E-state index contributed by atoms with van der Waals surface area (Å²) in [5.41, 5.74) is 0.941. The summed E-state index contributed by atoms with van der Waals surface area (Å²) in [5, 5.41) is 9.07. The number of nitrogens with zero attached hydrogens (tertiary/aromatic N) is 2. The molecule has 5 nitrogen and oxygen atoms in total. The summed E-state index contributed by atoms with van der Waals surface area (Å²) < 4.78 is 23.3. The number of anilines is 1. The predicted molar refractivity (Wildman–Crippen MR) is 69.7 cm³/mol. The molecular weight excluding hydrogens is 263 g/mol. The van der Waals surface area contributed by atoms with Crippen molar-refractivity contribution in [2.75, 3.05) is 31.7 Å². The number of hydrogen-bond donors (Lipinski definition) is 0. The van der Waals surface area contributed by atoms with Crippen molar-refractivity contribution in [2.24, 2.45) is 0 Å². The van der Waals surface area contributed by atoms with Gasteiger partial charge in [0, 0.05) is 13.1 Å². The van der Waals surface area contributed by atoms with Crippen LogP contribution in [0, 0.1) is 17.1 Å². The number of hydrogen-bond acceptors (Lipinski definition) is 5. The third kappa shape index (κ3) is 3.25. The first-order chi connectivity index (χ1) is 9.63. The highest BCUT2D eigenvalue weighted by atomic mass is 19.1. The lowest BCUT2D eigenvalue weighted by Crippen LogP contribution is -2.43. The van der Waals surface area contributed by atoms with E-state index in [0.717, 1.165) is 0 Å². The zero-order valence-corrected chi connectivity index (χ0v) is 11.1. The van der Waals surface area contributed by atoms with E-state index < -0.39 is 5.82 Å². The van der Waals surface area contributed by atoms with E-state index in [1.54, 1.807) is 6.07 Å². The van der Waals surface area contributed by atoms with Crippen molar-refractivity contribution in [1.82, 2.24) is 0 Å². The molecule has 0 saturated carbocycles. The quantitative estimate of drug-likeness (QED) is 0.783. The second-order valence-electron chi connectivity index (χ2n) is 4.49. The molecule has 1 fully saturated rings. The number of morpholine rings is 1. The third-order valence-corrected chi connectivity index (χ3v) is 3.18. The molecule has 106 valence electrons. The average molecular weight is 278 g/mol. The zero-order chi connectivity index (χ0) is 14.5. The monoisotopic (exact) mass is 278 g/mol. The van der Waals surface area contributed by atoms with Gasteiger partial charge in [0.25, 0.3) is 0 Å². The van der Waals surface area contributed by atoms with Gasteiger partial charge < -0.3 is 14.4 Å². The molecule has 1 atom stereocenters. The van der Waals surface area contributed by atoms with Gasteiger partial charge >= 0.3 is 5.97 Å². The van der Waals surface area contributed by atoms with E-state index >= 15 is 0 Å². The largest absolute Gasteiger partial charge is 0.469 e. The minimum absolute atomic E-state index is 0.163. The molecule has 0 bridgehead atoms. The Bertz CT molecular complexity index is 542. The summed E-state index contributed by atoms with van der Waals surface area (Å²) in [6.07, 6.45) is -0.122. The Morgan fingerprint density at radius 1 is 1.65 bits per heavy atom. The van der Waals surface area contributed by atoms with Gasteiger partial charge in [0.1, 0.15) is 11.9 Å². The zero-order valence-electron chi connectivity index (χ0n) is 11.1. The summed E-state index contributed by atoms with van der Waals surface area (Å²) in [5.74, 6) is -0.777. The Labute approximate surface area is 116 Å². The SMILES string of the molecule is COC(=O)C[C@H]1CN(c2ccc(F)cc2C#N)CCO1. The summed E-state index contributed by atoms with van der Waals surface area (Å²) in [4.78, 5) is 13.2. The molecule has 0 radical (unpaired) electrons. The number of methoxy groups -OCH3 is 1. The number of carbonyl (C=O) groups excluding carboxylic acids is 1. The molecule has 20 heavy (non-hydrogen) atoms. The van der Waals surface area contributed by atoms with Crippen LogP contribution in [0.2, 0.25) is 0 Å². The van der Waals surface area contributed by atoms with Gasteiger partial charge in [-0.3, -0.25) is 4.79 Å². The van der Waals surface area contributed by atoms with Crippen LogP contribution in [0.15, 0.2) is 18.2 Å². The van der Waals surface area contributed by atoms with Gasteiger partial charge in [0.2, 0.25) is 0 Å². The number of esters is 1. The van der Waals surface area contributed by atoms with E-state index in [9.17, 15) is 9.18 Å². The van der Waals surface area contributed by atoms with Gasteiger partial charge in [-0.05, 0) is 18.2 Å². The molecule has 0 unspecified atom stereocenters. The maximum atomic E-state index is 13.1. The van der Waals surface area contributed by atoms with Crippen molar-refractivity contribution in [2.45, 2.75) is 12.5 Å². The molecule has 0 aliphatic carbocycles. The summed E-state index contributed by atoms with van der Waals surface area (Å²) >= 11 is 0. The Balaban J connectivity index is 2.13. The van der Waals surface area contributed by atoms with Gasteiger partial charge in [0.15, 0.2) is 0 Å². The van der Waals surface area contributed by atoms with E-state index in [0.29, 0.717) is 25.4 Å². The molecule has 6 heteroatoms. The lowest BCUT2D eigenvalue weighted by atomic mass is 10.1. The van der Waals surface area contributed by atoms with Crippen LogP contribution < -0.4 is 4.90 Å². The Kier molecular flexibility index (Phi) is 4.53. The molecule has 2 rings (SSSR count). The Morgan fingerprint density at radius 3 is 3.15 bits per heavy atom. The molecule has 1 aromatic carbocycles. The molecule has 1 aromatic rings. The molecule has 1 saturated heterocycles. The van der Waals surface area contributed by atoms with Crippen molar-refractivity contribution in [3.63, 3.8) is 0 Å². The standard InChI is InChI=1S/C14H15FN2O3/c1-19-14(18)7-12-9-17(4-5-20-12)13-3-2-11(15)6-10(13)8-16/h2-3,6,12H,4-5,7,9H2,1H3/t12-/m0/s1. The van der Waals surface area contributed by atoms with Crippen LogP contribution in [0.1, 0.15) is 12.0 Å². The second-order valence-corrected chi connectivity index (χ2v) is 4.49. The topological polar surface area (TPSA) is 62.6 Å². The lowest BCUT2D eigenvalue weighted by molar-refractivity contribution is -0.144. The van der Waals surface area contributed by atoms with Crippen molar-refractivity contribution in [3.8, 4) is 6.07 Å². The van der Waals surface area contributed by atoms with E-state index in [4.69, 9.17) is 10.00 Å². The highest BCUT2D eigenvalue weighted by molar-refractivity contribution is 5.70. The number of ether oxygens (including phenoxy) is 2. The third-order valence-electron chi connectivity index (χ3n) is 3.18. The Hall–Kier alpha value is -2.13. The molecule has 1 aliphatic rings. The Morgan fingerprint density at radius 2 is 2.45 bits per heavy atom. The van der Waals surface area contributed by atoms with E-state index in [2.05, 4.69) is 4.74 Å². The minimum atomic E-state index is -0.440. The van der Waals surface area contributed by atoms with Crippen LogP contribution in [0.5, 0.6) is 0 Å². The highest BCUT2D eigenvalue weighted by Gasteiger charge is 2.24. The molecular formula is C14H15FN2O3. The first kappa shape index (κ1) is 14.3. The van der Waals surface area contributed by atoms with Crippen LogP contribution in [0.3, 0.4) is 0 Å². The first-order valence-electron chi connectivity index (χ1n) is 6.27. The van der Waals surface area contributed by atoms with Crippen molar-refractivity contribution in [1.29, 1.82) is 5.26 Å². The lowest BCUT2D eigenvalue weighted by Gasteiger charge is -2.34. The fourth-order valence-corrected chi connectivity index (χ4v) is 2.20. The number of rotatable bonds is 3. The maximum absolute atomic E-state index is 13.1. The van der Waals surface area contributed by atoms with Gasteiger partial charge in [-0.1, -0.05) is 0 Å². The van der Waals surface area contributed by atoms with Gasteiger partial charge in [0.05, 0.1) is 37.5 Å². The summed E-state index contributed by atoms with van der Waals surface area (Å²) in [6.45, 7) is 1.51. The highest BCUT2D eigenvalue weighted by Crippen LogP contribution is 2.24. The van der Waals surface area contributed by atoms with Gasteiger partial charge in [-0.2, -0.15) is 5.26 Å². The number of carbonyl (C=O) groups is 1. The van der Waals surface area contributed by atoms with Crippen LogP contribution in [-0.2, 0) is 14.3 Å². The predicted octanol–water partition coefficient (Wildman–Crippen LogP) is 1.47. The first-order valence-corrected chi connectivity index (χ1v) is 6.27. The maximum Gasteiger partial charge on any atom is 0.308 e. The molecule has 0 amide bonds. The number of nitriles is 1. The average Bonchev–Trinajstić information content (AvgIpc) is 2.47. The second kappa shape index (κ2) is 6.35. The smallest absolute Gasteiger partial charge is 0.308 e. The van der Waals surface area contributed by atoms with E-state index in [-0.39, 0.29) is 24.1 Å². The normalized spacial score (nSPS) is 18.4. The van der Waals surface area contributed by atoms with E-state index in [1.807, 2.05) is 11.0 Å². The fourth-order valence-electron chi connectivity index (χ4n) is 2.20. The van der Waals surface area contributed by atoms with Gasteiger partial charge in [-0.25, -0.2) is 4.39 Å². The van der Waals surface area contributed by atoms with Crippen LogP contribution in [-0.4, -0.2) is 38.9 Å². The molecule has 0 aromatic heterocycles. The summed E-state index contributed by atoms with van der Waals surface area (Å²) in [6, 6.07) is 6.09. The molecule has 0 spiro atoms. The van der Waals surface area contributed by atoms with Crippen molar-refractivity contribution >= 4 is 11.7 Å². The van der Waals surface area contributed by atoms with Crippen LogP contribution in [0.4, 0.5) is 10.1 Å². The minimum Gasteiger partial charge on any atom is -0.469 e.